The third-order valence-corrected chi connectivity index (χ3v) is 3.37. The lowest BCUT2D eigenvalue weighted by atomic mass is 10.1. The van der Waals surface area contributed by atoms with Gasteiger partial charge in [-0.05, 0) is 23.8 Å². The summed E-state index contributed by atoms with van der Waals surface area (Å²) in [5, 5.41) is 13.0. The first-order chi connectivity index (χ1) is 9.16. The van der Waals surface area contributed by atoms with E-state index < -0.39 is 6.10 Å². The van der Waals surface area contributed by atoms with Crippen LogP contribution in [0.25, 0.3) is 0 Å². The third-order valence-electron chi connectivity index (χ3n) is 2.84. The van der Waals surface area contributed by atoms with E-state index in [4.69, 9.17) is 0 Å². The molecule has 0 heterocycles. The van der Waals surface area contributed by atoms with E-state index in [1.54, 1.807) is 18.2 Å². The SMILES string of the molecule is OC(CNCc1ccc(Br)cc1)c1ccccc1F. The fraction of sp³-hybridized carbons (Fsp3) is 0.200. The van der Waals surface area contributed by atoms with Gasteiger partial charge in [-0.3, -0.25) is 0 Å². The van der Waals surface area contributed by atoms with Crippen LogP contribution in [-0.2, 0) is 6.54 Å². The van der Waals surface area contributed by atoms with Crippen LogP contribution in [0.5, 0.6) is 0 Å². The van der Waals surface area contributed by atoms with E-state index in [0.717, 1.165) is 10.0 Å². The van der Waals surface area contributed by atoms with Crippen molar-refractivity contribution in [2.24, 2.45) is 0 Å². The van der Waals surface area contributed by atoms with Gasteiger partial charge >= 0.3 is 0 Å². The minimum absolute atomic E-state index is 0.316. The van der Waals surface area contributed by atoms with Crippen molar-refractivity contribution < 1.29 is 9.50 Å². The molecule has 2 N–H and O–H groups in total. The molecule has 2 nitrogen and oxygen atoms in total. The van der Waals surface area contributed by atoms with Gasteiger partial charge in [0.1, 0.15) is 5.82 Å². The largest absolute Gasteiger partial charge is 0.387 e. The molecule has 0 saturated heterocycles. The molecule has 4 heteroatoms. The van der Waals surface area contributed by atoms with E-state index in [9.17, 15) is 9.50 Å². The average molecular weight is 324 g/mol. The lowest BCUT2D eigenvalue weighted by Crippen LogP contribution is -2.21. The lowest BCUT2D eigenvalue weighted by Gasteiger charge is -2.13. The molecule has 0 aliphatic heterocycles. The number of halogens is 2. The summed E-state index contributed by atoms with van der Waals surface area (Å²) < 4.78 is 14.5. The van der Waals surface area contributed by atoms with Crippen LogP contribution >= 0.6 is 15.9 Å². The number of nitrogens with one attached hydrogen (secondary N) is 1. The van der Waals surface area contributed by atoms with Crippen LogP contribution in [0.3, 0.4) is 0 Å². The Morgan fingerprint density at radius 2 is 1.79 bits per heavy atom. The zero-order valence-corrected chi connectivity index (χ0v) is 11.9. The molecule has 2 aromatic rings. The first-order valence-corrected chi connectivity index (χ1v) is 6.84. The van der Waals surface area contributed by atoms with E-state index in [1.807, 2.05) is 24.3 Å². The van der Waals surface area contributed by atoms with Crippen molar-refractivity contribution in [2.45, 2.75) is 12.6 Å². The Morgan fingerprint density at radius 3 is 2.47 bits per heavy atom. The molecular weight excluding hydrogens is 309 g/mol. The summed E-state index contributed by atoms with van der Waals surface area (Å²) in [5.74, 6) is -0.375. The maximum absolute atomic E-state index is 13.4. The monoisotopic (exact) mass is 323 g/mol. The molecule has 2 rings (SSSR count). The normalized spacial score (nSPS) is 12.4. The molecule has 19 heavy (non-hydrogen) atoms. The van der Waals surface area contributed by atoms with E-state index in [1.165, 1.54) is 6.07 Å². The fourth-order valence-corrected chi connectivity index (χ4v) is 2.08. The number of hydrogen-bond donors (Lipinski definition) is 2. The molecule has 0 radical (unpaired) electrons. The summed E-state index contributed by atoms with van der Waals surface area (Å²) in [6.07, 6.45) is -0.836. The Balaban J connectivity index is 1.86. The molecule has 1 atom stereocenters. The standard InChI is InChI=1S/C15H15BrFNO/c16-12-7-5-11(6-8-12)9-18-10-15(19)13-3-1-2-4-14(13)17/h1-8,15,18-19H,9-10H2. The number of aliphatic hydroxyl groups is 1. The highest BCUT2D eigenvalue weighted by atomic mass is 79.9. The second kappa shape index (κ2) is 6.80. The number of rotatable bonds is 5. The van der Waals surface area contributed by atoms with Crippen LogP contribution in [-0.4, -0.2) is 11.7 Å². The molecule has 100 valence electrons. The van der Waals surface area contributed by atoms with Crippen LogP contribution in [0, 0.1) is 5.82 Å². The molecule has 0 amide bonds. The van der Waals surface area contributed by atoms with Crippen molar-refractivity contribution in [3.63, 3.8) is 0 Å². The van der Waals surface area contributed by atoms with Gasteiger partial charge in [-0.2, -0.15) is 0 Å². The van der Waals surface area contributed by atoms with Gasteiger partial charge in [-0.1, -0.05) is 46.3 Å². The van der Waals surface area contributed by atoms with E-state index in [2.05, 4.69) is 21.2 Å². The van der Waals surface area contributed by atoms with Crippen LogP contribution in [0.15, 0.2) is 53.0 Å². The van der Waals surface area contributed by atoms with Gasteiger partial charge in [0.05, 0.1) is 6.10 Å². The van der Waals surface area contributed by atoms with Crippen molar-refractivity contribution >= 4 is 15.9 Å². The summed E-state index contributed by atoms with van der Waals surface area (Å²) in [7, 11) is 0. The minimum Gasteiger partial charge on any atom is -0.387 e. The summed E-state index contributed by atoms with van der Waals surface area (Å²) in [5.41, 5.74) is 1.44. The van der Waals surface area contributed by atoms with Gasteiger partial charge in [-0.15, -0.1) is 0 Å². The van der Waals surface area contributed by atoms with Crippen molar-refractivity contribution in [2.75, 3.05) is 6.54 Å². The third kappa shape index (κ3) is 4.13. The molecule has 0 fully saturated rings. The van der Waals surface area contributed by atoms with Crippen LogP contribution in [0.4, 0.5) is 4.39 Å². The molecule has 0 aliphatic rings. The summed E-state index contributed by atoms with van der Waals surface area (Å²) in [6.45, 7) is 0.954. The van der Waals surface area contributed by atoms with E-state index in [0.29, 0.717) is 18.7 Å². The highest BCUT2D eigenvalue weighted by Gasteiger charge is 2.11. The Bertz CT molecular complexity index is 530. The van der Waals surface area contributed by atoms with Crippen LogP contribution in [0.1, 0.15) is 17.2 Å². The number of hydrogen-bond acceptors (Lipinski definition) is 2. The fourth-order valence-electron chi connectivity index (χ4n) is 1.81. The van der Waals surface area contributed by atoms with Gasteiger partial charge in [0, 0.05) is 23.1 Å². The Kier molecular flexibility index (Phi) is 5.07. The van der Waals surface area contributed by atoms with E-state index in [-0.39, 0.29) is 5.82 Å². The van der Waals surface area contributed by atoms with E-state index >= 15 is 0 Å². The zero-order valence-electron chi connectivity index (χ0n) is 10.3. The van der Waals surface area contributed by atoms with Crippen molar-refractivity contribution in [1.29, 1.82) is 0 Å². The Hall–Kier alpha value is -1.23. The lowest BCUT2D eigenvalue weighted by molar-refractivity contribution is 0.169. The second-order valence-electron chi connectivity index (χ2n) is 4.29. The molecule has 0 aromatic heterocycles. The second-order valence-corrected chi connectivity index (χ2v) is 5.21. The van der Waals surface area contributed by atoms with Gasteiger partial charge < -0.3 is 10.4 Å². The predicted molar refractivity (Wildman–Crippen MR) is 77.2 cm³/mol. The average Bonchev–Trinajstić information content (AvgIpc) is 2.41. The Labute approximate surface area is 120 Å². The smallest absolute Gasteiger partial charge is 0.129 e. The highest BCUT2D eigenvalue weighted by molar-refractivity contribution is 9.10. The molecule has 0 aliphatic carbocycles. The summed E-state index contributed by atoms with van der Waals surface area (Å²) in [6, 6.07) is 14.2. The molecule has 0 bridgehead atoms. The van der Waals surface area contributed by atoms with Crippen LogP contribution in [0.2, 0.25) is 0 Å². The molecule has 0 spiro atoms. The van der Waals surface area contributed by atoms with Crippen molar-refractivity contribution in [1.82, 2.24) is 5.32 Å². The predicted octanol–water partition coefficient (Wildman–Crippen LogP) is 3.41. The maximum atomic E-state index is 13.4. The first-order valence-electron chi connectivity index (χ1n) is 6.04. The summed E-state index contributed by atoms with van der Waals surface area (Å²) in [4.78, 5) is 0. The van der Waals surface area contributed by atoms with Crippen molar-refractivity contribution in [3.05, 3.63) is 69.9 Å². The van der Waals surface area contributed by atoms with Gasteiger partial charge in [-0.25, -0.2) is 4.39 Å². The highest BCUT2D eigenvalue weighted by Crippen LogP contribution is 2.16. The molecular formula is C15H15BrFNO. The molecule has 0 saturated carbocycles. The topological polar surface area (TPSA) is 32.3 Å². The minimum atomic E-state index is -0.836. The molecule has 1 unspecified atom stereocenters. The quantitative estimate of drug-likeness (QED) is 0.883. The number of benzene rings is 2. The Morgan fingerprint density at radius 1 is 1.11 bits per heavy atom. The van der Waals surface area contributed by atoms with Gasteiger partial charge in [0.15, 0.2) is 0 Å². The zero-order chi connectivity index (χ0) is 13.7. The number of aliphatic hydroxyl groups excluding tert-OH is 1. The van der Waals surface area contributed by atoms with Gasteiger partial charge in [0.2, 0.25) is 0 Å². The molecule has 2 aromatic carbocycles. The van der Waals surface area contributed by atoms with Crippen LogP contribution < -0.4 is 5.32 Å². The van der Waals surface area contributed by atoms with Crippen molar-refractivity contribution in [3.8, 4) is 0 Å². The van der Waals surface area contributed by atoms with Gasteiger partial charge in [0.25, 0.3) is 0 Å². The first kappa shape index (κ1) is 14.2. The maximum Gasteiger partial charge on any atom is 0.129 e. The summed E-state index contributed by atoms with van der Waals surface area (Å²) >= 11 is 3.37.